The summed E-state index contributed by atoms with van der Waals surface area (Å²) in [6.07, 6.45) is 9.59. The van der Waals surface area contributed by atoms with Crippen molar-refractivity contribution in [2.75, 3.05) is 0 Å². The second-order valence-electron chi connectivity index (χ2n) is 8.21. The van der Waals surface area contributed by atoms with Crippen LogP contribution in [0.5, 0.6) is 0 Å². The molecule has 108 valence electrons. The molecule has 0 aromatic carbocycles. The lowest BCUT2D eigenvalue weighted by atomic mass is 9.66. The van der Waals surface area contributed by atoms with Gasteiger partial charge in [0, 0.05) is 5.54 Å². The summed E-state index contributed by atoms with van der Waals surface area (Å²) in [5, 5.41) is 0. The SMILES string of the molecule is C=C1C2CC(C)CC3CCCC13CCC(C)C2(C)N. The summed E-state index contributed by atoms with van der Waals surface area (Å²) < 4.78 is 0. The van der Waals surface area contributed by atoms with E-state index in [1.807, 2.05) is 0 Å². The van der Waals surface area contributed by atoms with Crippen LogP contribution in [0.1, 0.15) is 65.7 Å². The van der Waals surface area contributed by atoms with Gasteiger partial charge in [0.1, 0.15) is 0 Å². The normalized spacial score (nSPS) is 54.4. The molecular weight excluding hydrogens is 230 g/mol. The van der Waals surface area contributed by atoms with Gasteiger partial charge in [-0.1, -0.05) is 32.4 Å². The summed E-state index contributed by atoms with van der Waals surface area (Å²) in [7, 11) is 0. The van der Waals surface area contributed by atoms with Gasteiger partial charge in [-0.25, -0.2) is 0 Å². The molecule has 3 aliphatic carbocycles. The first kappa shape index (κ1) is 13.7. The van der Waals surface area contributed by atoms with E-state index in [0.29, 0.717) is 17.3 Å². The van der Waals surface area contributed by atoms with Crippen LogP contribution in [0.2, 0.25) is 0 Å². The summed E-state index contributed by atoms with van der Waals surface area (Å²) in [5.41, 5.74) is 8.77. The zero-order valence-electron chi connectivity index (χ0n) is 13.0. The Morgan fingerprint density at radius 1 is 1.16 bits per heavy atom. The molecule has 0 aromatic rings. The standard InChI is InChI=1S/C18H31N/c1-12-10-15-6-5-8-18(15)9-7-13(2)17(4,19)16(11-12)14(18)3/h12-13,15-16H,3,5-11,19H2,1-2,4H3. The van der Waals surface area contributed by atoms with Crippen molar-refractivity contribution in [3.63, 3.8) is 0 Å². The van der Waals surface area contributed by atoms with Gasteiger partial charge in [0.2, 0.25) is 0 Å². The Balaban J connectivity index is 2.08. The summed E-state index contributed by atoms with van der Waals surface area (Å²) in [4.78, 5) is 0. The Labute approximate surface area is 119 Å². The lowest BCUT2D eigenvalue weighted by molar-refractivity contribution is 0.190. The first-order chi connectivity index (χ1) is 8.88. The molecule has 6 atom stereocenters. The highest BCUT2D eigenvalue weighted by Gasteiger charge is 2.54. The van der Waals surface area contributed by atoms with Crippen molar-refractivity contribution >= 4 is 0 Å². The quantitative estimate of drug-likeness (QED) is 0.637. The molecule has 0 saturated heterocycles. The van der Waals surface area contributed by atoms with Crippen molar-refractivity contribution < 1.29 is 0 Å². The van der Waals surface area contributed by atoms with Crippen LogP contribution in [0.25, 0.3) is 0 Å². The van der Waals surface area contributed by atoms with Crippen LogP contribution in [-0.2, 0) is 0 Å². The van der Waals surface area contributed by atoms with Crippen LogP contribution in [0.4, 0.5) is 0 Å². The number of fused-ring (bicyclic) bond motifs is 1. The number of rotatable bonds is 0. The predicted octanol–water partition coefficient (Wildman–Crippen LogP) is 4.52. The minimum absolute atomic E-state index is 0.0493. The van der Waals surface area contributed by atoms with Gasteiger partial charge in [0.25, 0.3) is 0 Å². The van der Waals surface area contributed by atoms with Crippen LogP contribution in [-0.4, -0.2) is 5.54 Å². The monoisotopic (exact) mass is 261 g/mol. The molecule has 6 unspecified atom stereocenters. The predicted molar refractivity (Wildman–Crippen MR) is 81.8 cm³/mol. The third kappa shape index (κ3) is 1.84. The first-order valence-corrected chi connectivity index (χ1v) is 8.36. The molecule has 3 aliphatic rings. The Morgan fingerprint density at radius 3 is 2.63 bits per heavy atom. The van der Waals surface area contributed by atoms with E-state index >= 15 is 0 Å². The Bertz CT molecular complexity index is 383. The zero-order chi connectivity index (χ0) is 13.8. The molecule has 3 fully saturated rings. The number of nitrogens with two attached hydrogens (primary N) is 1. The molecular formula is C18H31N. The van der Waals surface area contributed by atoms with E-state index in [0.717, 1.165) is 11.8 Å². The van der Waals surface area contributed by atoms with Crippen LogP contribution < -0.4 is 5.73 Å². The highest BCUT2D eigenvalue weighted by Crippen LogP contribution is 2.62. The lowest BCUT2D eigenvalue weighted by Crippen LogP contribution is -2.50. The molecule has 0 aliphatic heterocycles. The van der Waals surface area contributed by atoms with E-state index in [2.05, 4.69) is 27.4 Å². The third-order valence-corrected chi connectivity index (χ3v) is 7.18. The third-order valence-electron chi connectivity index (χ3n) is 7.18. The van der Waals surface area contributed by atoms with Gasteiger partial charge in [0.15, 0.2) is 0 Å². The molecule has 2 N–H and O–H groups in total. The summed E-state index contributed by atoms with van der Waals surface area (Å²) in [5.74, 6) is 2.89. The maximum atomic E-state index is 6.81. The van der Waals surface area contributed by atoms with Gasteiger partial charge in [0.05, 0.1) is 0 Å². The fraction of sp³-hybridized carbons (Fsp3) is 0.889. The summed E-state index contributed by atoms with van der Waals surface area (Å²) in [6.45, 7) is 11.7. The van der Waals surface area contributed by atoms with Crippen molar-refractivity contribution in [3.05, 3.63) is 12.2 Å². The van der Waals surface area contributed by atoms with Crippen LogP contribution >= 0.6 is 0 Å². The molecule has 19 heavy (non-hydrogen) atoms. The van der Waals surface area contributed by atoms with Crippen LogP contribution in [0.15, 0.2) is 12.2 Å². The summed E-state index contributed by atoms with van der Waals surface area (Å²) >= 11 is 0. The van der Waals surface area contributed by atoms with Gasteiger partial charge in [-0.2, -0.15) is 0 Å². The van der Waals surface area contributed by atoms with E-state index in [-0.39, 0.29) is 5.54 Å². The molecule has 0 heterocycles. The van der Waals surface area contributed by atoms with E-state index in [1.165, 1.54) is 44.9 Å². The number of hydrogen-bond donors (Lipinski definition) is 1. The first-order valence-electron chi connectivity index (χ1n) is 8.36. The van der Waals surface area contributed by atoms with Crippen molar-refractivity contribution in [3.8, 4) is 0 Å². The van der Waals surface area contributed by atoms with Gasteiger partial charge in [-0.15, -0.1) is 0 Å². The van der Waals surface area contributed by atoms with Gasteiger partial charge in [-0.05, 0) is 74.5 Å². The minimum atomic E-state index is -0.0493. The van der Waals surface area contributed by atoms with E-state index in [9.17, 15) is 0 Å². The number of hydrogen-bond acceptors (Lipinski definition) is 1. The van der Waals surface area contributed by atoms with Gasteiger partial charge < -0.3 is 5.73 Å². The van der Waals surface area contributed by atoms with Gasteiger partial charge >= 0.3 is 0 Å². The van der Waals surface area contributed by atoms with E-state index < -0.39 is 0 Å². The molecule has 0 aromatic heterocycles. The molecule has 2 bridgehead atoms. The van der Waals surface area contributed by atoms with Crippen molar-refractivity contribution in [2.24, 2.45) is 34.8 Å². The Morgan fingerprint density at radius 2 is 1.89 bits per heavy atom. The van der Waals surface area contributed by atoms with Crippen molar-refractivity contribution in [1.82, 2.24) is 0 Å². The largest absolute Gasteiger partial charge is 0.325 e. The Hall–Kier alpha value is -0.300. The fourth-order valence-electron chi connectivity index (χ4n) is 5.63. The minimum Gasteiger partial charge on any atom is -0.325 e. The van der Waals surface area contributed by atoms with E-state index in [4.69, 9.17) is 5.73 Å². The summed E-state index contributed by atoms with van der Waals surface area (Å²) in [6, 6.07) is 0. The van der Waals surface area contributed by atoms with Crippen molar-refractivity contribution in [2.45, 2.75) is 71.3 Å². The smallest absolute Gasteiger partial charge is 0.0217 e. The maximum Gasteiger partial charge on any atom is 0.0217 e. The topological polar surface area (TPSA) is 26.0 Å². The molecule has 1 spiro atoms. The van der Waals surface area contributed by atoms with Crippen LogP contribution in [0, 0.1) is 29.1 Å². The molecule has 1 nitrogen and oxygen atoms in total. The Kier molecular flexibility index (Phi) is 3.13. The van der Waals surface area contributed by atoms with Crippen LogP contribution in [0.3, 0.4) is 0 Å². The lowest BCUT2D eigenvalue weighted by Gasteiger charge is -2.41. The zero-order valence-corrected chi connectivity index (χ0v) is 13.0. The average Bonchev–Trinajstić information content (AvgIpc) is 2.69. The fourth-order valence-corrected chi connectivity index (χ4v) is 5.63. The maximum absolute atomic E-state index is 6.81. The highest BCUT2D eigenvalue weighted by atomic mass is 14.8. The van der Waals surface area contributed by atoms with E-state index in [1.54, 1.807) is 5.57 Å². The molecule has 0 amide bonds. The average molecular weight is 261 g/mol. The molecule has 1 heteroatoms. The van der Waals surface area contributed by atoms with Gasteiger partial charge in [-0.3, -0.25) is 0 Å². The molecule has 3 rings (SSSR count). The van der Waals surface area contributed by atoms with Crippen molar-refractivity contribution in [1.29, 1.82) is 0 Å². The highest BCUT2D eigenvalue weighted by molar-refractivity contribution is 5.26. The second-order valence-corrected chi connectivity index (χ2v) is 8.21. The molecule has 0 radical (unpaired) electrons. The molecule has 3 saturated carbocycles. The second kappa shape index (κ2) is 4.35.